The number of allylic oxidation sites excluding steroid dienone is 2. The summed E-state index contributed by atoms with van der Waals surface area (Å²) in [5.74, 6) is -0.846. The van der Waals surface area contributed by atoms with Gasteiger partial charge in [0, 0.05) is 19.3 Å². The third-order valence-corrected chi connectivity index (χ3v) is 15.3. The highest BCUT2D eigenvalue weighted by atomic mass is 16.6. The van der Waals surface area contributed by atoms with Crippen molar-refractivity contribution in [3.8, 4) is 0 Å². The Morgan fingerprint density at radius 2 is 0.452 bits per heavy atom. The van der Waals surface area contributed by atoms with Crippen LogP contribution in [0.5, 0.6) is 0 Å². The summed E-state index contributed by atoms with van der Waals surface area (Å²) >= 11 is 0. The van der Waals surface area contributed by atoms with Crippen molar-refractivity contribution in [3.05, 3.63) is 12.2 Å². The molecule has 0 aromatic carbocycles. The Hall–Kier alpha value is -1.85. The van der Waals surface area contributed by atoms with E-state index in [4.69, 9.17) is 14.2 Å². The first-order chi connectivity index (χ1) is 36.0. The molecule has 0 saturated carbocycles. The first-order valence-electron chi connectivity index (χ1n) is 33.2. The number of rotatable bonds is 62. The van der Waals surface area contributed by atoms with E-state index in [1.807, 2.05) is 0 Å². The van der Waals surface area contributed by atoms with Crippen LogP contribution in [0.4, 0.5) is 0 Å². The van der Waals surface area contributed by atoms with Crippen molar-refractivity contribution in [2.45, 2.75) is 386 Å². The zero-order valence-corrected chi connectivity index (χ0v) is 49.7. The molecule has 73 heavy (non-hydrogen) atoms. The van der Waals surface area contributed by atoms with Crippen molar-refractivity contribution in [1.82, 2.24) is 0 Å². The van der Waals surface area contributed by atoms with Crippen LogP contribution >= 0.6 is 0 Å². The molecule has 1 unspecified atom stereocenters. The van der Waals surface area contributed by atoms with E-state index in [2.05, 4.69) is 32.9 Å². The molecule has 0 fully saturated rings. The SMILES string of the molecule is CCCCCCC/C=C\CCCCCCCC(=O)OC(COC(=O)CCCCCCCCCCCCCCCC)COC(=O)CCCCCCCCCCCCCCCCCCCCCCCCCCCCC. The second kappa shape index (κ2) is 62.7. The summed E-state index contributed by atoms with van der Waals surface area (Å²) in [6.45, 7) is 6.70. The van der Waals surface area contributed by atoms with E-state index in [9.17, 15) is 14.4 Å². The summed E-state index contributed by atoms with van der Waals surface area (Å²) in [5, 5.41) is 0. The fourth-order valence-electron chi connectivity index (χ4n) is 10.3. The first kappa shape index (κ1) is 71.2. The van der Waals surface area contributed by atoms with Gasteiger partial charge in [0.25, 0.3) is 0 Å². The Morgan fingerprint density at radius 3 is 0.685 bits per heavy atom. The Balaban J connectivity index is 4.15. The molecule has 0 saturated heterocycles. The smallest absolute Gasteiger partial charge is 0.306 e. The first-order valence-corrected chi connectivity index (χ1v) is 33.2. The lowest BCUT2D eigenvalue weighted by Gasteiger charge is -2.18. The summed E-state index contributed by atoms with van der Waals surface area (Å²) < 4.78 is 16.9. The second-order valence-corrected chi connectivity index (χ2v) is 22.7. The van der Waals surface area contributed by atoms with Crippen molar-refractivity contribution in [1.29, 1.82) is 0 Å². The van der Waals surface area contributed by atoms with Gasteiger partial charge in [-0.15, -0.1) is 0 Å². The molecule has 0 amide bonds. The van der Waals surface area contributed by atoms with E-state index in [0.29, 0.717) is 19.3 Å². The zero-order valence-electron chi connectivity index (χ0n) is 49.7. The van der Waals surface area contributed by atoms with Gasteiger partial charge < -0.3 is 14.2 Å². The fourth-order valence-corrected chi connectivity index (χ4v) is 10.3. The monoisotopic (exact) mass is 1030 g/mol. The lowest BCUT2D eigenvalue weighted by Crippen LogP contribution is -2.30. The molecule has 0 aliphatic rings. The minimum absolute atomic E-state index is 0.0670. The van der Waals surface area contributed by atoms with Crippen LogP contribution in [0.15, 0.2) is 12.2 Å². The average Bonchev–Trinajstić information content (AvgIpc) is 3.39. The average molecular weight is 1030 g/mol. The van der Waals surface area contributed by atoms with Gasteiger partial charge in [0.05, 0.1) is 0 Å². The fraction of sp³-hybridized carbons (Fsp3) is 0.925. The van der Waals surface area contributed by atoms with Gasteiger partial charge in [0.1, 0.15) is 13.2 Å². The van der Waals surface area contributed by atoms with E-state index in [-0.39, 0.29) is 31.1 Å². The maximum atomic E-state index is 12.9. The quantitative estimate of drug-likeness (QED) is 0.0261. The number of hydrogen-bond donors (Lipinski definition) is 0. The summed E-state index contributed by atoms with van der Waals surface area (Å²) in [7, 11) is 0. The van der Waals surface area contributed by atoms with Gasteiger partial charge in [-0.1, -0.05) is 328 Å². The summed E-state index contributed by atoms with van der Waals surface area (Å²) in [6.07, 6.45) is 73.8. The lowest BCUT2D eigenvalue weighted by molar-refractivity contribution is -0.167. The largest absolute Gasteiger partial charge is 0.462 e. The summed E-state index contributed by atoms with van der Waals surface area (Å²) in [6, 6.07) is 0. The van der Waals surface area contributed by atoms with Crippen molar-refractivity contribution in [2.75, 3.05) is 13.2 Å². The molecule has 0 radical (unpaired) electrons. The van der Waals surface area contributed by atoms with Crippen molar-refractivity contribution in [3.63, 3.8) is 0 Å². The van der Waals surface area contributed by atoms with E-state index in [1.165, 1.54) is 276 Å². The van der Waals surface area contributed by atoms with E-state index < -0.39 is 6.10 Å². The van der Waals surface area contributed by atoms with Gasteiger partial charge in [-0.2, -0.15) is 0 Å². The van der Waals surface area contributed by atoms with Crippen LogP contribution in [0.1, 0.15) is 380 Å². The van der Waals surface area contributed by atoms with E-state index >= 15 is 0 Å². The molecular weight excluding hydrogens is 901 g/mol. The van der Waals surface area contributed by atoms with Crippen LogP contribution in [0, 0.1) is 0 Å². The highest BCUT2D eigenvalue weighted by molar-refractivity contribution is 5.71. The highest BCUT2D eigenvalue weighted by Crippen LogP contribution is 2.18. The number of ether oxygens (including phenoxy) is 3. The van der Waals surface area contributed by atoms with Gasteiger partial charge >= 0.3 is 17.9 Å². The summed E-state index contributed by atoms with van der Waals surface area (Å²) in [5.41, 5.74) is 0. The molecule has 432 valence electrons. The second-order valence-electron chi connectivity index (χ2n) is 22.7. The van der Waals surface area contributed by atoms with Gasteiger partial charge in [-0.05, 0) is 44.9 Å². The minimum Gasteiger partial charge on any atom is -0.462 e. The van der Waals surface area contributed by atoms with Gasteiger partial charge in [-0.25, -0.2) is 0 Å². The third kappa shape index (κ3) is 60.9. The number of esters is 3. The molecule has 1 atom stereocenters. The topological polar surface area (TPSA) is 78.9 Å². The molecule has 0 bridgehead atoms. The molecule has 0 aromatic heterocycles. The van der Waals surface area contributed by atoms with Crippen LogP contribution in [-0.2, 0) is 28.6 Å². The van der Waals surface area contributed by atoms with Crippen LogP contribution < -0.4 is 0 Å². The molecule has 0 spiro atoms. The molecule has 0 aromatic rings. The third-order valence-electron chi connectivity index (χ3n) is 15.3. The molecule has 0 rings (SSSR count). The van der Waals surface area contributed by atoms with Crippen LogP contribution in [0.25, 0.3) is 0 Å². The van der Waals surface area contributed by atoms with Crippen molar-refractivity contribution < 1.29 is 28.6 Å². The molecular formula is C67H128O6. The number of carbonyl (C=O) groups excluding carboxylic acids is 3. The lowest BCUT2D eigenvalue weighted by atomic mass is 10.0. The van der Waals surface area contributed by atoms with Gasteiger partial charge in [0.15, 0.2) is 6.10 Å². The Kier molecular flexibility index (Phi) is 61.1. The number of hydrogen-bond acceptors (Lipinski definition) is 6. The molecule has 0 aliphatic carbocycles. The van der Waals surface area contributed by atoms with Crippen molar-refractivity contribution in [2.24, 2.45) is 0 Å². The van der Waals surface area contributed by atoms with Crippen LogP contribution in [0.2, 0.25) is 0 Å². The van der Waals surface area contributed by atoms with E-state index in [1.54, 1.807) is 0 Å². The molecule has 0 heterocycles. The van der Waals surface area contributed by atoms with Crippen molar-refractivity contribution >= 4 is 17.9 Å². The maximum absolute atomic E-state index is 12.9. The van der Waals surface area contributed by atoms with Crippen LogP contribution in [-0.4, -0.2) is 37.2 Å². The van der Waals surface area contributed by atoms with Crippen LogP contribution in [0.3, 0.4) is 0 Å². The normalized spacial score (nSPS) is 12.0. The molecule has 6 heteroatoms. The van der Waals surface area contributed by atoms with Gasteiger partial charge in [-0.3, -0.25) is 14.4 Å². The Labute approximate surface area is 456 Å². The molecule has 6 nitrogen and oxygen atoms in total. The number of unbranched alkanes of at least 4 members (excludes halogenated alkanes) is 49. The van der Waals surface area contributed by atoms with E-state index in [0.717, 1.165) is 64.2 Å². The molecule has 0 aliphatic heterocycles. The predicted molar refractivity (Wildman–Crippen MR) is 317 cm³/mol. The highest BCUT2D eigenvalue weighted by Gasteiger charge is 2.19. The zero-order chi connectivity index (χ0) is 52.9. The van der Waals surface area contributed by atoms with Gasteiger partial charge in [0.2, 0.25) is 0 Å². The molecule has 0 N–H and O–H groups in total. The summed E-state index contributed by atoms with van der Waals surface area (Å²) in [4.78, 5) is 38.3. The number of carbonyl (C=O) groups is 3. The minimum atomic E-state index is -0.769. The Bertz CT molecular complexity index is 1130. The maximum Gasteiger partial charge on any atom is 0.306 e. The predicted octanol–water partition coefficient (Wildman–Crippen LogP) is 22.4. The standard InChI is InChI=1S/C67H128O6/c1-4-7-10-13-16-19-22-25-28-29-30-31-32-33-34-35-36-37-38-39-40-43-45-48-51-54-57-60-66(69)72-63-64(73-67(70)61-58-55-52-49-46-42-27-24-21-18-15-12-9-6-3)62-71-65(68)59-56-53-50-47-44-41-26-23-20-17-14-11-8-5-2/h24,27,64H,4-23,25-26,28-63H2,1-3H3/b27-24-. The Morgan fingerprint density at radius 1 is 0.260 bits per heavy atom.